The zero-order valence-electron chi connectivity index (χ0n) is 15.3. The fourth-order valence-corrected chi connectivity index (χ4v) is 2.67. The number of rotatable bonds is 8. The van der Waals surface area contributed by atoms with Gasteiger partial charge in [-0.25, -0.2) is 0 Å². The molecule has 2 rings (SSSR count). The second-order valence-electron chi connectivity index (χ2n) is 6.87. The molecule has 0 heterocycles. The molecule has 0 aliphatic heterocycles. The Bertz CT molecular complexity index is 741. The molecule has 148 valence electrons. The highest BCUT2D eigenvalue weighted by molar-refractivity contribution is 5.50. The fraction of sp³-hybridized carbons (Fsp3) is 0.400. The van der Waals surface area contributed by atoms with Crippen LogP contribution >= 0.6 is 0 Å². The average Bonchev–Trinajstić information content (AvgIpc) is 2.66. The van der Waals surface area contributed by atoms with E-state index in [1.165, 1.54) is 6.07 Å². The van der Waals surface area contributed by atoms with Crippen molar-refractivity contribution in [3.8, 4) is 5.75 Å². The number of benzene rings is 2. The molecular weight excluding hydrogens is 359 g/mol. The lowest BCUT2D eigenvalue weighted by Gasteiger charge is -2.26. The molecule has 0 aromatic heterocycles. The van der Waals surface area contributed by atoms with E-state index in [9.17, 15) is 23.4 Å². The van der Waals surface area contributed by atoms with E-state index in [2.05, 4.69) is 5.32 Å². The number of halogens is 3. The number of hydrogen-bond acceptors (Lipinski definition) is 4. The van der Waals surface area contributed by atoms with E-state index in [1.54, 1.807) is 32.2 Å². The average molecular weight is 383 g/mol. The van der Waals surface area contributed by atoms with Gasteiger partial charge in [-0.05, 0) is 41.8 Å². The van der Waals surface area contributed by atoms with Crippen LogP contribution in [0.3, 0.4) is 0 Å². The fourth-order valence-electron chi connectivity index (χ4n) is 2.67. The summed E-state index contributed by atoms with van der Waals surface area (Å²) in [6.45, 7) is 1.10. The summed E-state index contributed by atoms with van der Waals surface area (Å²) in [5.74, 6) is 0.707. The summed E-state index contributed by atoms with van der Waals surface area (Å²) in [4.78, 5) is 0. The van der Waals surface area contributed by atoms with E-state index in [4.69, 9.17) is 4.74 Å². The zero-order chi connectivity index (χ0) is 20.1. The van der Waals surface area contributed by atoms with Gasteiger partial charge in [0.15, 0.2) is 0 Å². The lowest BCUT2D eigenvalue weighted by molar-refractivity contribution is -0.138. The van der Waals surface area contributed by atoms with Crippen molar-refractivity contribution in [2.24, 2.45) is 5.41 Å². The van der Waals surface area contributed by atoms with Gasteiger partial charge in [0.1, 0.15) is 5.75 Å². The molecule has 0 fully saturated rings. The van der Waals surface area contributed by atoms with Crippen LogP contribution in [0.25, 0.3) is 0 Å². The van der Waals surface area contributed by atoms with Crippen molar-refractivity contribution in [1.82, 2.24) is 0 Å². The Hall–Kier alpha value is -2.25. The molecule has 7 heteroatoms. The van der Waals surface area contributed by atoms with Gasteiger partial charge in [-0.1, -0.05) is 25.1 Å². The molecule has 0 saturated heterocycles. The lowest BCUT2D eigenvalue weighted by atomic mass is 9.83. The van der Waals surface area contributed by atoms with Crippen molar-refractivity contribution in [3.05, 3.63) is 59.2 Å². The molecule has 0 radical (unpaired) electrons. The highest BCUT2D eigenvalue weighted by Crippen LogP contribution is 2.36. The maximum atomic E-state index is 13.5. The highest BCUT2D eigenvalue weighted by atomic mass is 19.4. The topological polar surface area (TPSA) is 61.7 Å². The van der Waals surface area contributed by atoms with E-state index in [0.717, 1.165) is 11.6 Å². The first-order valence-corrected chi connectivity index (χ1v) is 8.49. The molecule has 2 aromatic rings. The van der Waals surface area contributed by atoms with Crippen LogP contribution in [0, 0.1) is 5.41 Å². The van der Waals surface area contributed by atoms with Crippen LogP contribution in [0.5, 0.6) is 5.75 Å². The molecule has 0 saturated carbocycles. The molecule has 27 heavy (non-hydrogen) atoms. The van der Waals surface area contributed by atoms with Gasteiger partial charge in [0.25, 0.3) is 0 Å². The Balaban J connectivity index is 2.21. The molecule has 0 atom stereocenters. The van der Waals surface area contributed by atoms with E-state index in [1.807, 2.05) is 12.1 Å². The summed E-state index contributed by atoms with van der Waals surface area (Å²) in [5.41, 5.74) is -0.491. The van der Waals surface area contributed by atoms with Gasteiger partial charge in [0.2, 0.25) is 0 Å². The number of nitrogens with one attached hydrogen (secondary N) is 1. The largest absolute Gasteiger partial charge is 0.497 e. The van der Waals surface area contributed by atoms with Gasteiger partial charge in [-0.2, -0.15) is 13.2 Å². The van der Waals surface area contributed by atoms with E-state index in [-0.39, 0.29) is 12.0 Å². The van der Waals surface area contributed by atoms with Gasteiger partial charge in [-0.15, -0.1) is 0 Å². The molecule has 3 N–H and O–H groups in total. The first-order valence-electron chi connectivity index (χ1n) is 8.49. The van der Waals surface area contributed by atoms with Gasteiger partial charge < -0.3 is 20.3 Å². The van der Waals surface area contributed by atoms with E-state index < -0.39 is 30.4 Å². The Labute approximate surface area is 156 Å². The number of ether oxygens (including phenoxy) is 1. The van der Waals surface area contributed by atoms with Gasteiger partial charge in [0.05, 0.1) is 25.9 Å². The second kappa shape index (κ2) is 8.63. The van der Waals surface area contributed by atoms with Gasteiger partial charge in [0, 0.05) is 17.6 Å². The van der Waals surface area contributed by atoms with E-state index in [0.29, 0.717) is 18.0 Å². The summed E-state index contributed by atoms with van der Waals surface area (Å²) in [7, 11) is 1.56. The summed E-state index contributed by atoms with van der Waals surface area (Å²) < 4.78 is 45.5. The minimum atomic E-state index is -4.53. The molecule has 0 aliphatic rings. The third kappa shape index (κ3) is 5.61. The van der Waals surface area contributed by atoms with Crippen LogP contribution in [0.2, 0.25) is 0 Å². The molecule has 4 nitrogen and oxygen atoms in total. The molecular formula is C20H24F3NO3. The van der Waals surface area contributed by atoms with Crippen LogP contribution in [-0.4, -0.2) is 30.5 Å². The van der Waals surface area contributed by atoms with Crippen molar-refractivity contribution in [1.29, 1.82) is 0 Å². The number of hydrogen-bond donors (Lipinski definition) is 3. The van der Waals surface area contributed by atoms with Crippen molar-refractivity contribution in [3.63, 3.8) is 0 Å². The third-order valence-corrected chi connectivity index (χ3v) is 4.45. The van der Waals surface area contributed by atoms with Crippen molar-refractivity contribution >= 4 is 5.69 Å². The number of aliphatic hydroxyl groups excluding tert-OH is 2. The lowest BCUT2D eigenvalue weighted by Crippen LogP contribution is -2.29. The molecule has 0 spiro atoms. The van der Waals surface area contributed by atoms with Crippen molar-refractivity contribution < 1.29 is 28.1 Å². The van der Waals surface area contributed by atoms with Crippen LogP contribution in [0.15, 0.2) is 42.5 Å². The maximum absolute atomic E-state index is 13.5. The molecule has 0 unspecified atom stereocenters. The molecule has 0 bridgehead atoms. The number of aliphatic hydroxyl groups is 2. The first-order chi connectivity index (χ1) is 12.7. The SMILES string of the molecule is COc1ccc(CNc2ccc(CC(C)(CO)CO)c(C(F)(F)F)c2)cc1. The highest BCUT2D eigenvalue weighted by Gasteiger charge is 2.35. The summed E-state index contributed by atoms with van der Waals surface area (Å²) >= 11 is 0. The van der Waals surface area contributed by atoms with E-state index >= 15 is 0 Å². The van der Waals surface area contributed by atoms with Crippen molar-refractivity contribution in [2.45, 2.75) is 26.1 Å². The number of methoxy groups -OCH3 is 1. The Kier molecular flexibility index (Phi) is 6.73. The molecule has 2 aromatic carbocycles. The number of anilines is 1. The summed E-state index contributed by atoms with van der Waals surface area (Å²) in [6, 6.07) is 11.3. The van der Waals surface area contributed by atoms with Crippen LogP contribution in [0.1, 0.15) is 23.6 Å². The Morgan fingerprint density at radius 2 is 1.63 bits per heavy atom. The van der Waals surface area contributed by atoms with Gasteiger partial charge in [-0.3, -0.25) is 0 Å². The number of alkyl halides is 3. The van der Waals surface area contributed by atoms with Crippen LogP contribution < -0.4 is 10.1 Å². The standard InChI is InChI=1S/C20H24F3NO3/c1-19(12-25,13-26)10-15-5-6-16(9-18(15)20(21,22)23)24-11-14-3-7-17(27-2)8-4-14/h3-9,24-26H,10-13H2,1-2H3. The predicted octanol–water partition coefficient (Wildman–Crippen LogP) is 3.86. The quantitative estimate of drug-likeness (QED) is 0.648. The predicted molar refractivity (Wildman–Crippen MR) is 97.7 cm³/mol. The zero-order valence-corrected chi connectivity index (χ0v) is 15.3. The maximum Gasteiger partial charge on any atom is 0.416 e. The summed E-state index contributed by atoms with van der Waals surface area (Å²) in [5, 5.41) is 21.7. The third-order valence-electron chi connectivity index (χ3n) is 4.45. The first kappa shape index (κ1) is 21.1. The van der Waals surface area contributed by atoms with Crippen LogP contribution in [-0.2, 0) is 19.1 Å². The minimum Gasteiger partial charge on any atom is -0.497 e. The molecule has 0 aliphatic carbocycles. The molecule has 0 amide bonds. The van der Waals surface area contributed by atoms with Gasteiger partial charge >= 0.3 is 6.18 Å². The second-order valence-corrected chi connectivity index (χ2v) is 6.87. The summed E-state index contributed by atoms with van der Waals surface area (Å²) in [6.07, 6.45) is -4.60. The Morgan fingerprint density at radius 1 is 1.00 bits per heavy atom. The van der Waals surface area contributed by atoms with Crippen LogP contribution in [0.4, 0.5) is 18.9 Å². The monoisotopic (exact) mass is 383 g/mol. The minimum absolute atomic E-state index is 0.0445. The van der Waals surface area contributed by atoms with Crippen molar-refractivity contribution in [2.75, 3.05) is 25.6 Å². The smallest absolute Gasteiger partial charge is 0.416 e. The normalized spacial score (nSPS) is 12.1. The Morgan fingerprint density at radius 3 is 2.15 bits per heavy atom.